The molecule has 0 nitrogen and oxygen atoms in total. The van der Waals surface area contributed by atoms with Gasteiger partial charge in [-0.05, 0) is 48.8 Å². The molecule has 0 aromatic heterocycles. The van der Waals surface area contributed by atoms with Gasteiger partial charge in [-0.2, -0.15) is 0 Å². The summed E-state index contributed by atoms with van der Waals surface area (Å²) in [6.45, 7) is 2.25. The maximum Gasteiger partial charge on any atom is 0.126 e. The number of hydrogen-bond acceptors (Lipinski definition) is 0. The Hall–Kier alpha value is -1.44. The lowest BCUT2D eigenvalue weighted by atomic mass is 9.61. The minimum absolute atomic E-state index is 0.243. The van der Waals surface area contributed by atoms with E-state index in [2.05, 4.69) is 25.2 Å². The Balaban J connectivity index is 1.83. The molecule has 0 bridgehead atoms. The van der Waals surface area contributed by atoms with Crippen molar-refractivity contribution in [1.82, 2.24) is 0 Å². The summed E-state index contributed by atoms with van der Waals surface area (Å²) in [5, 5.41) is 0. The molecule has 1 aromatic rings. The molecule has 1 saturated carbocycles. The van der Waals surface area contributed by atoms with Gasteiger partial charge in [0.15, 0.2) is 0 Å². The first-order valence-electron chi connectivity index (χ1n) is 9.45. The zero-order valence-electron chi connectivity index (χ0n) is 14.6. The van der Waals surface area contributed by atoms with Crippen LogP contribution in [-0.2, 0) is 5.41 Å². The van der Waals surface area contributed by atoms with E-state index in [9.17, 15) is 8.78 Å². The average Bonchev–Trinajstić information content (AvgIpc) is 2.60. The monoisotopic (exact) mass is 330 g/mol. The maximum atomic E-state index is 13.8. The van der Waals surface area contributed by atoms with Crippen molar-refractivity contribution in [2.24, 2.45) is 11.8 Å². The van der Waals surface area contributed by atoms with Crippen LogP contribution >= 0.6 is 0 Å². The van der Waals surface area contributed by atoms with Gasteiger partial charge in [0.1, 0.15) is 11.6 Å². The Morgan fingerprint density at radius 2 is 1.71 bits per heavy atom. The van der Waals surface area contributed by atoms with Crippen molar-refractivity contribution in [2.45, 2.75) is 63.7 Å². The second-order valence-corrected chi connectivity index (χ2v) is 7.55. The van der Waals surface area contributed by atoms with Crippen LogP contribution in [0.2, 0.25) is 0 Å². The summed E-state index contributed by atoms with van der Waals surface area (Å²) in [5.74, 6) is 0.372. The topological polar surface area (TPSA) is 0 Å². The molecule has 0 radical (unpaired) electrons. The van der Waals surface area contributed by atoms with Crippen LogP contribution < -0.4 is 0 Å². The average molecular weight is 330 g/mol. The highest BCUT2D eigenvalue weighted by Gasteiger charge is 2.40. The fourth-order valence-corrected chi connectivity index (χ4v) is 4.67. The van der Waals surface area contributed by atoms with Gasteiger partial charge in [0.25, 0.3) is 0 Å². The van der Waals surface area contributed by atoms with Crippen molar-refractivity contribution < 1.29 is 8.78 Å². The van der Waals surface area contributed by atoms with E-state index >= 15 is 0 Å². The van der Waals surface area contributed by atoms with Gasteiger partial charge in [-0.1, -0.05) is 63.3 Å². The Kier molecular flexibility index (Phi) is 5.53. The normalized spacial score (nSPS) is 29.8. The SMILES string of the molecule is CCCCC1CCC(C2(c3cc(F)cc(F)c3)C=CC=CC2)CC1. The van der Waals surface area contributed by atoms with E-state index in [1.54, 1.807) is 0 Å². The molecule has 0 amide bonds. The van der Waals surface area contributed by atoms with Gasteiger partial charge in [-0.3, -0.25) is 0 Å². The smallest absolute Gasteiger partial charge is 0.126 e. The summed E-state index contributed by atoms with van der Waals surface area (Å²) in [6, 6.07) is 4.05. The van der Waals surface area contributed by atoms with Crippen LogP contribution in [-0.4, -0.2) is 0 Å². The van der Waals surface area contributed by atoms with Gasteiger partial charge in [0.05, 0.1) is 0 Å². The second kappa shape index (κ2) is 7.63. The van der Waals surface area contributed by atoms with Gasteiger partial charge < -0.3 is 0 Å². The molecular formula is C22H28F2. The molecule has 2 aliphatic carbocycles. The summed E-state index contributed by atoms with van der Waals surface area (Å²) in [5.41, 5.74) is 0.561. The third kappa shape index (κ3) is 3.63. The molecule has 2 heteroatoms. The van der Waals surface area contributed by atoms with Gasteiger partial charge in [0, 0.05) is 11.5 Å². The Morgan fingerprint density at radius 1 is 1.00 bits per heavy atom. The third-order valence-corrected chi connectivity index (χ3v) is 6.04. The summed E-state index contributed by atoms with van der Waals surface area (Å²) < 4.78 is 27.7. The lowest BCUT2D eigenvalue weighted by Gasteiger charge is -2.43. The standard InChI is InChI=1S/C22H28F2/c1-2-3-7-17-8-10-18(11-9-17)22(12-5-4-6-13-22)19-14-20(23)16-21(24)15-19/h4-6,12,14-18H,2-3,7-11,13H2,1H3. The van der Waals surface area contributed by atoms with Gasteiger partial charge in [-0.15, -0.1) is 0 Å². The summed E-state index contributed by atoms with van der Waals surface area (Å²) >= 11 is 0. The van der Waals surface area contributed by atoms with Crippen molar-refractivity contribution in [3.63, 3.8) is 0 Å². The van der Waals surface area contributed by atoms with Crippen molar-refractivity contribution in [1.29, 1.82) is 0 Å². The van der Waals surface area contributed by atoms with Crippen LogP contribution in [0.4, 0.5) is 8.78 Å². The molecule has 0 aliphatic heterocycles. The maximum absolute atomic E-state index is 13.8. The van der Waals surface area contributed by atoms with Crippen molar-refractivity contribution in [3.05, 3.63) is 59.7 Å². The van der Waals surface area contributed by atoms with Crippen molar-refractivity contribution >= 4 is 0 Å². The number of halogens is 2. The first-order valence-corrected chi connectivity index (χ1v) is 9.45. The number of benzene rings is 1. The molecule has 2 aliphatic rings. The third-order valence-electron chi connectivity index (χ3n) is 6.04. The summed E-state index contributed by atoms with van der Waals surface area (Å²) in [4.78, 5) is 0. The van der Waals surface area contributed by atoms with Crippen LogP contribution in [0, 0.1) is 23.5 Å². The van der Waals surface area contributed by atoms with Gasteiger partial charge >= 0.3 is 0 Å². The minimum Gasteiger partial charge on any atom is -0.207 e. The van der Waals surface area contributed by atoms with Crippen LogP contribution in [0.3, 0.4) is 0 Å². The van der Waals surface area contributed by atoms with E-state index in [0.717, 1.165) is 36.8 Å². The molecule has 1 fully saturated rings. The lowest BCUT2D eigenvalue weighted by molar-refractivity contribution is 0.193. The molecule has 0 heterocycles. The van der Waals surface area contributed by atoms with E-state index < -0.39 is 11.6 Å². The Bertz CT molecular complexity index is 588. The molecule has 0 saturated heterocycles. The molecule has 3 rings (SSSR count). The van der Waals surface area contributed by atoms with E-state index in [4.69, 9.17) is 0 Å². The fourth-order valence-electron chi connectivity index (χ4n) is 4.67. The van der Waals surface area contributed by atoms with Crippen LogP contribution in [0.15, 0.2) is 42.5 Å². The predicted molar refractivity (Wildman–Crippen MR) is 95.9 cm³/mol. The number of allylic oxidation sites excluding steroid dienone is 4. The first-order chi connectivity index (χ1) is 11.6. The van der Waals surface area contributed by atoms with Crippen LogP contribution in [0.1, 0.15) is 63.9 Å². The minimum atomic E-state index is -0.469. The molecule has 1 aromatic carbocycles. The van der Waals surface area contributed by atoms with E-state index in [0.29, 0.717) is 5.92 Å². The van der Waals surface area contributed by atoms with Gasteiger partial charge in [0.2, 0.25) is 0 Å². The highest BCUT2D eigenvalue weighted by Crippen LogP contribution is 2.48. The largest absolute Gasteiger partial charge is 0.207 e. The quantitative estimate of drug-likeness (QED) is 0.562. The molecular weight excluding hydrogens is 302 g/mol. The molecule has 24 heavy (non-hydrogen) atoms. The number of unbranched alkanes of at least 4 members (excludes halogenated alkanes) is 1. The van der Waals surface area contributed by atoms with Crippen LogP contribution in [0.5, 0.6) is 0 Å². The highest BCUT2D eigenvalue weighted by molar-refractivity contribution is 5.37. The highest BCUT2D eigenvalue weighted by atomic mass is 19.1. The van der Waals surface area contributed by atoms with E-state index in [-0.39, 0.29) is 5.41 Å². The predicted octanol–water partition coefficient (Wildman–Crippen LogP) is 6.72. The Labute approximate surface area is 144 Å². The summed E-state index contributed by atoms with van der Waals surface area (Å²) in [6.07, 6.45) is 18.0. The van der Waals surface area contributed by atoms with E-state index in [1.165, 1.54) is 44.2 Å². The summed E-state index contributed by atoms with van der Waals surface area (Å²) in [7, 11) is 0. The zero-order chi connectivity index (χ0) is 17.0. The molecule has 130 valence electrons. The van der Waals surface area contributed by atoms with Gasteiger partial charge in [-0.25, -0.2) is 8.78 Å². The Morgan fingerprint density at radius 3 is 2.29 bits per heavy atom. The van der Waals surface area contributed by atoms with Crippen molar-refractivity contribution in [3.8, 4) is 0 Å². The lowest BCUT2D eigenvalue weighted by Crippen LogP contribution is -2.36. The van der Waals surface area contributed by atoms with Crippen LogP contribution in [0.25, 0.3) is 0 Å². The molecule has 1 atom stereocenters. The molecule has 0 spiro atoms. The molecule has 1 unspecified atom stereocenters. The van der Waals surface area contributed by atoms with Crippen molar-refractivity contribution in [2.75, 3.05) is 0 Å². The fraction of sp³-hybridized carbons (Fsp3) is 0.545. The van der Waals surface area contributed by atoms with E-state index in [1.807, 2.05) is 6.08 Å². The number of rotatable bonds is 5. The zero-order valence-corrected chi connectivity index (χ0v) is 14.6. The first kappa shape index (κ1) is 17.4. The second-order valence-electron chi connectivity index (χ2n) is 7.55. The number of hydrogen-bond donors (Lipinski definition) is 0. The molecule has 0 N–H and O–H groups in total.